The first-order chi connectivity index (χ1) is 10.7. The van der Waals surface area contributed by atoms with Crippen molar-refractivity contribution in [3.63, 3.8) is 0 Å². The van der Waals surface area contributed by atoms with Gasteiger partial charge in [-0.15, -0.1) is 0 Å². The lowest BCUT2D eigenvalue weighted by atomic mass is 10.1. The van der Waals surface area contributed by atoms with Gasteiger partial charge in [-0.1, -0.05) is 6.07 Å². The molecule has 1 fully saturated rings. The third-order valence-electron chi connectivity index (χ3n) is 3.15. The highest BCUT2D eigenvalue weighted by atomic mass is 19.4. The third kappa shape index (κ3) is 3.76. The number of nitrogens with one attached hydrogen (secondary N) is 1. The summed E-state index contributed by atoms with van der Waals surface area (Å²) in [7, 11) is 1.35. The maximum atomic E-state index is 13.1. The van der Waals surface area contributed by atoms with E-state index in [9.17, 15) is 27.6 Å². The smallest absolute Gasteiger partial charge is 0.338 e. The number of nitrogens with zero attached hydrogens (tertiary/aromatic N) is 3. The van der Waals surface area contributed by atoms with Crippen molar-refractivity contribution in [1.82, 2.24) is 20.1 Å². The molecule has 0 aliphatic carbocycles. The number of urea groups is 1. The van der Waals surface area contributed by atoms with Crippen LogP contribution in [0.25, 0.3) is 0 Å². The molecule has 10 heteroatoms. The van der Waals surface area contributed by atoms with Crippen LogP contribution in [-0.4, -0.2) is 58.9 Å². The molecule has 0 bridgehead atoms. The second-order valence-corrected chi connectivity index (χ2v) is 4.92. The van der Waals surface area contributed by atoms with Crippen molar-refractivity contribution in [2.45, 2.75) is 12.2 Å². The van der Waals surface area contributed by atoms with Gasteiger partial charge >= 0.3 is 12.2 Å². The van der Waals surface area contributed by atoms with Crippen LogP contribution in [0.5, 0.6) is 0 Å². The summed E-state index contributed by atoms with van der Waals surface area (Å²) < 4.78 is 39.3. The van der Waals surface area contributed by atoms with E-state index in [1.165, 1.54) is 25.4 Å². The van der Waals surface area contributed by atoms with Crippen LogP contribution in [0, 0.1) is 0 Å². The number of aromatic nitrogens is 1. The number of hydrogen-bond acceptors (Lipinski definition) is 4. The highest BCUT2D eigenvalue weighted by Gasteiger charge is 2.43. The van der Waals surface area contributed by atoms with Crippen molar-refractivity contribution < 1.29 is 27.6 Å². The summed E-state index contributed by atoms with van der Waals surface area (Å²) in [4.78, 5) is 40.2. The molecule has 1 N–H and O–H groups in total. The minimum absolute atomic E-state index is 0.213. The number of carbonyl (C=O) groups is 3. The third-order valence-corrected chi connectivity index (χ3v) is 3.15. The lowest BCUT2D eigenvalue weighted by Crippen LogP contribution is -2.45. The van der Waals surface area contributed by atoms with Crippen molar-refractivity contribution in [2.75, 3.05) is 20.1 Å². The molecule has 1 aromatic rings. The van der Waals surface area contributed by atoms with Crippen molar-refractivity contribution >= 4 is 17.8 Å². The molecule has 124 valence electrons. The Hall–Kier alpha value is -2.65. The Balaban J connectivity index is 2.10. The first-order valence-electron chi connectivity index (χ1n) is 6.52. The maximum absolute atomic E-state index is 13.1. The van der Waals surface area contributed by atoms with E-state index in [1.807, 2.05) is 0 Å². The number of imide groups is 1. The average Bonchev–Trinajstić information content (AvgIpc) is 2.71. The predicted molar refractivity (Wildman–Crippen MR) is 70.9 cm³/mol. The fourth-order valence-electron chi connectivity index (χ4n) is 2.04. The van der Waals surface area contributed by atoms with Crippen molar-refractivity contribution in [3.8, 4) is 0 Å². The fraction of sp³-hybridized carbons (Fsp3) is 0.385. The summed E-state index contributed by atoms with van der Waals surface area (Å²) >= 11 is 0. The van der Waals surface area contributed by atoms with Crippen molar-refractivity contribution in [1.29, 1.82) is 0 Å². The molecule has 0 spiro atoms. The number of likely N-dealkylation sites (N-methyl/N-ethyl adjacent to an activating group) is 1. The molecule has 7 nitrogen and oxygen atoms in total. The number of alkyl halides is 3. The minimum Gasteiger partial charge on any atom is -0.338 e. The molecule has 1 aromatic heterocycles. The molecule has 1 saturated heterocycles. The van der Waals surface area contributed by atoms with E-state index in [2.05, 4.69) is 4.98 Å². The van der Waals surface area contributed by atoms with Crippen molar-refractivity contribution in [3.05, 3.63) is 30.1 Å². The summed E-state index contributed by atoms with van der Waals surface area (Å²) in [5.41, 5.74) is -0.385. The van der Waals surface area contributed by atoms with E-state index in [1.54, 1.807) is 5.32 Å². The van der Waals surface area contributed by atoms with Gasteiger partial charge in [0.25, 0.3) is 5.91 Å². The predicted octanol–water partition coefficient (Wildman–Crippen LogP) is 0.695. The van der Waals surface area contributed by atoms with Crippen LogP contribution in [0.3, 0.4) is 0 Å². The number of carbonyl (C=O) groups excluding carboxylic acids is 3. The Morgan fingerprint density at radius 3 is 2.57 bits per heavy atom. The second kappa shape index (κ2) is 6.23. The zero-order chi connectivity index (χ0) is 17.2. The van der Waals surface area contributed by atoms with E-state index < -0.39 is 36.6 Å². The van der Waals surface area contributed by atoms with Crippen LogP contribution >= 0.6 is 0 Å². The van der Waals surface area contributed by atoms with Crippen molar-refractivity contribution in [2.24, 2.45) is 0 Å². The van der Waals surface area contributed by atoms with Crippen LogP contribution in [0.4, 0.5) is 18.0 Å². The molecular formula is C13H13F3N4O3. The Labute approximate surface area is 129 Å². The maximum Gasteiger partial charge on any atom is 0.414 e. The van der Waals surface area contributed by atoms with E-state index >= 15 is 0 Å². The number of halogens is 3. The van der Waals surface area contributed by atoms with E-state index in [0.29, 0.717) is 4.90 Å². The first kappa shape index (κ1) is 16.7. The second-order valence-electron chi connectivity index (χ2n) is 4.92. The molecule has 1 aliphatic heterocycles. The molecule has 0 saturated carbocycles. The summed E-state index contributed by atoms with van der Waals surface area (Å²) in [6.45, 7) is -0.990. The molecule has 2 heterocycles. The monoisotopic (exact) mass is 330 g/mol. The zero-order valence-electron chi connectivity index (χ0n) is 12.0. The molecule has 2 rings (SSSR count). The zero-order valence-corrected chi connectivity index (χ0v) is 12.0. The molecule has 1 atom stereocenters. The van der Waals surface area contributed by atoms with E-state index in [4.69, 9.17) is 0 Å². The molecule has 23 heavy (non-hydrogen) atoms. The van der Waals surface area contributed by atoms with Gasteiger partial charge in [0.05, 0.1) is 5.69 Å². The first-order valence-corrected chi connectivity index (χ1v) is 6.52. The summed E-state index contributed by atoms with van der Waals surface area (Å²) in [5, 5.41) is 1.77. The van der Waals surface area contributed by atoms with Crippen LogP contribution in [-0.2, 0) is 9.59 Å². The topological polar surface area (TPSA) is 82.6 Å². The van der Waals surface area contributed by atoms with Gasteiger partial charge in [-0.3, -0.25) is 19.5 Å². The van der Waals surface area contributed by atoms with Gasteiger partial charge in [-0.05, 0) is 12.1 Å². The SMILES string of the molecule is CN1CC(=O)N(CC(=O)N[C@H](c2ccccn2)C(F)(F)F)C1=O. The Kier molecular flexibility index (Phi) is 4.52. The molecular weight excluding hydrogens is 317 g/mol. The fourth-order valence-corrected chi connectivity index (χ4v) is 2.04. The number of hydrogen-bond donors (Lipinski definition) is 1. The normalized spacial score (nSPS) is 16.7. The Morgan fingerprint density at radius 2 is 2.09 bits per heavy atom. The summed E-state index contributed by atoms with van der Waals surface area (Å²) in [5.74, 6) is -1.75. The van der Waals surface area contributed by atoms with Gasteiger partial charge in [-0.2, -0.15) is 13.2 Å². The van der Waals surface area contributed by atoms with E-state index in [-0.39, 0.29) is 12.2 Å². The Bertz CT molecular complexity index is 621. The Morgan fingerprint density at radius 1 is 1.39 bits per heavy atom. The minimum atomic E-state index is -4.76. The average molecular weight is 330 g/mol. The lowest BCUT2D eigenvalue weighted by molar-refractivity contribution is -0.164. The molecule has 4 amide bonds. The van der Waals surface area contributed by atoms with Gasteiger partial charge in [0.1, 0.15) is 13.1 Å². The quantitative estimate of drug-likeness (QED) is 0.824. The number of pyridine rings is 1. The van der Waals surface area contributed by atoms with Gasteiger partial charge in [-0.25, -0.2) is 4.79 Å². The van der Waals surface area contributed by atoms with Gasteiger partial charge in [0.2, 0.25) is 5.91 Å². The standard InChI is InChI=1S/C13H13F3N4O3/c1-19-7-10(22)20(12(19)23)6-9(21)18-11(13(14,15)16)8-4-2-3-5-17-8/h2-5,11H,6-7H2,1H3,(H,18,21)/t11-/m1/s1. The molecule has 0 aromatic carbocycles. The van der Waals surface area contributed by atoms with Gasteiger partial charge < -0.3 is 10.2 Å². The van der Waals surface area contributed by atoms with Crippen LogP contribution < -0.4 is 5.32 Å². The summed E-state index contributed by atoms with van der Waals surface area (Å²) in [6, 6.07) is 0.873. The largest absolute Gasteiger partial charge is 0.414 e. The number of rotatable bonds is 4. The lowest BCUT2D eigenvalue weighted by Gasteiger charge is -2.22. The summed E-state index contributed by atoms with van der Waals surface area (Å²) in [6.07, 6.45) is -3.59. The molecule has 0 radical (unpaired) electrons. The van der Waals surface area contributed by atoms with Crippen LogP contribution in [0.1, 0.15) is 11.7 Å². The highest BCUT2D eigenvalue weighted by molar-refractivity contribution is 6.04. The van der Waals surface area contributed by atoms with Crippen LogP contribution in [0.15, 0.2) is 24.4 Å². The van der Waals surface area contributed by atoms with E-state index in [0.717, 1.165) is 11.0 Å². The molecule has 0 unspecified atom stereocenters. The number of amides is 4. The van der Waals surface area contributed by atoms with Gasteiger partial charge in [0.15, 0.2) is 6.04 Å². The van der Waals surface area contributed by atoms with Gasteiger partial charge in [0, 0.05) is 13.2 Å². The highest BCUT2D eigenvalue weighted by Crippen LogP contribution is 2.31. The van der Waals surface area contributed by atoms with Crippen LogP contribution in [0.2, 0.25) is 0 Å². The molecule has 1 aliphatic rings.